The van der Waals surface area contributed by atoms with E-state index in [0.29, 0.717) is 12.2 Å². The second kappa shape index (κ2) is 9.15. The number of aliphatic hydroxyl groups is 3. The van der Waals surface area contributed by atoms with Gasteiger partial charge in [0.25, 0.3) is 0 Å². The van der Waals surface area contributed by atoms with E-state index in [9.17, 15) is 25.2 Å². The summed E-state index contributed by atoms with van der Waals surface area (Å²) in [6, 6.07) is 4.76. The second-order valence-corrected chi connectivity index (χ2v) is 5.94. The highest BCUT2D eigenvalue weighted by molar-refractivity contribution is 5.69. The molecule has 1 aliphatic heterocycles. The lowest BCUT2D eigenvalue weighted by molar-refractivity contribution is -0.295. The highest BCUT2D eigenvalue weighted by Gasteiger charge is 2.44. The Balaban J connectivity index is 1.83. The van der Waals surface area contributed by atoms with Gasteiger partial charge in [0.15, 0.2) is 17.8 Å². The molecule has 0 bridgehead atoms. The van der Waals surface area contributed by atoms with Crippen molar-refractivity contribution in [1.82, 2.24) is 0 Å². The van der Waals surface area contributed by atoms with E-state index < -0.39 is 36.7 Å². The van der Waals surface area contributed by atoms with Crippen LogP contribution in [0.3, 0.4) is 0 Å². The van der Waals surface area contributed by atoms with Gasteiger partial charge in [-0.1, -0.05) is 6.07 Å². The molecular formula is C17H24O9. The Kier molecular flexibility index (Phi) is 7.18. The van der Waals surface area contributed by atoms with E-state index in [2.05, 4.69) is 0 Å². The van der Waals surface area contributed by atoms with Crippen LogP contribution < -0.4 is 4.74 Å². The van der Waals surface area contributed by atoms with Crippen LogP contribution in [0.4, 0.5) is 0 Å². The van der Waals surface area contributed by atoms with Crippen molar-refractivity contribution < 1.29 is 44.2 Å². The van der Waals surface area contributed by atoms with Crippen molar-refractivity contribution in [3.63, 3.8) is 0 Å². The fraction of sp³-hybridized carbons (Fsp3) is 0.588. The van der Waals surface area contributed by atoms with Crippen LogP contribution in [0.25, 0.3) is 0 Å². The molecule has 0 saturated carbocycles. The number of aromatic hydroxyl groups is 1. The van der Waals surface area contributed by atoms with Crippen LogP contribution >= 0.6 is 0 Å². The number of carbonyl (C=O) groups excluding carboxylic acids is 1. The summed E-state index contributed by atoms with van der Waals surface area (Å²) in [5.74, 6) is -0.203. The molecule has 0 amide bonds. The Labute approximate surface area is 150 Å². The largest absolute Gasteiger partial charge is 0.504 e. The molecule has 26 heavy (non-hydrogen) atoms. The number of aliphatic hydroxyl groups excluding tert-OH is 3. The minimum atomic E-state index is -1.47. The van der Waals surface area contributed by atoms with Crippen LogP contribution in [0.2, 0.25) is 0 Å². The molecule has 0 radical (unpaired) electrons. The molecule has 1 saturated heterocycles. The van der Waals surface area contributed by atoms with E-state index in [4.69, 9.17) is 18.9 Å². The fourth-order valence-electron chi connectivity index (χ4n) is 2.62. The minimum Gasteiger partial charge on any atom is -0.504 e. The molecule has 0 aromatic heterocycles. The molecule has 2 rings (SSSR count). The van der Waals surface area contributed by atoms with Crippen molar-refractivity contribution in [2.45, 2.75) is 43.5 Å². The smallest absolute Gasteiger partial charge is 0.306 e. The first-order valence-corrected chi connectivity index (χ1v) is 8.11. The summed E-state index contributed by atoms with van der Waals surface area (Å²) in [4.78, 5) is 11.9. The van der Waals surface area contributed by atoms with Crippen molar-refractivity contribution in [3.8, 4) is 11.5 Å². The molecule has 0 unspecified atom stereocenters. The van der Waals surface area contributed by atoms with Crippen molar-refractivity contribution in [2.75, 3.05) is 20.8 Å². The van der Waals surface area contributed by atoms with Crippen LogP contribution in [-0.4, -0.2) is 77.9 Å². The highest BCUT2D eigenvalue weighted by atomic mass is 16.7. The summed E-state index contributed by atoms with van der Waals surface area (Å²) >= 11 is 0. The zero-order valence-electron chi connectivity index (χ0n) is 14.6. The number of methoxy groups -OCH3 is 2. The molecule has 0 spiro atoms. The maximum absolute atomic E-state index is 11.9. The molecule has 1 aliphatic rings. The molecule has 1 fully saturated rings. The Morgan fingerprint density at radius 1 is 1.15 bits per heavy atom. The van der Waals surface area contributed by atoms with E-state index in [1.54, 1.807) is 12.1 Å². The van der Waals surface area contributed by atoms with Crippen molar-refractivity contribution in [2.24, 2.45) is 0 Å². The van der Waals surface area contributed by atoms with Crippen LogP contribution in [-0.2, 0) is 25.4 Å². The lowest BCUT2D eigenvalue weighted by Crippen LogP contribution is -2.59. The van der Waals surface area contributed by atoms with Gasteiger partial charge in [-0.05, 0) is 24.1 Å². The van der Waals surface area contributed by atoms with Gasteiger partial charge in [-0.2, -0.15) is 0 Å². The van der Waals surface area contributed by atoms with Crippen molar-refractivity contribution in [3.05, 3.63) is 23.8 Å². The number of hydrogen-bond donors (Lipinski definition) is 4. The topological polar surface area (TPSA) is 135 Å². The number of phenols is 1. The maximum atomic E-state index is 11.9. The quantitative estimate of drug-likeness (QED) is 0.460. The molecular weight excluding hydrogens is 348 g/mol. The predicted molar refractivity (Wildman–Crippen MR) is 87.6 cm³/mol. The first-order chi connectivity index (χ1) is 12.4. The number of benzene rings is 1. The van der Waals surface area contributed by atoms with E-state index in [1.807, 2.05) is 0 Å². The number of hydrogen-bond acceptors (Lipinski definition) is 9. The molecule has 1 aromatic rings. The zero-order valence-corrected chi connectivity index (χ0v) is 14.6. The van der Waals surface area contributed by atoms with Crippen LogP contribution in [0.5, 0.6) is 11.5 Å². The van der Waals surface area contributed by atoms with E-state index >= 15 is 0 Å². The number of rotatable bonds is 7. The monoisotopic (exact) mass is 372 g/mol. The molecule has 0 aliphatic carbocycles. The first-order valence-electron chi connectivity index (χ1n) is 8.11. The van der Waals surface area contributed by atoms with Gasteiger partial charge in [-0.15, -0.1) is 0 Å². The van der Waals surface area contributed by atoms with E-state index in [0.717, 1.165) is 5.56 Å². The Hall–Kier alpha value is -1.91. The van der Waals surface area contributed by atoms with Crippen LogP contribution in [0, 0.1) is 0 Å². The third-order valence-electron chi connectivity index (χ3n) is 4.17. The number of phenolic OH excluding ortho intramolecular Hbond substituents is 1. The first kappa shape index (κ1) is 20.4. The van der Waals surface area contributed by atoms with Gasteiger partial charge in [0, 0.05) is 13.5 Å². The Morgan fingerprint density at radius 2 is 1.88 bits per heavy atom. The number of carbonyl (C=O) groups is 1. The van der Waals surface area contributed by atoms with Crippen LogP contribution in [0.15, 0.2) is 18.2 Å². The Morgan fingerprint density at radius 3 is 2.54 bits per heavy atom. The second-order valence-electron chi connectivity index (χ2n) is 5.94. The van der Waals surface area contributed by atoms with Gasteiger partial charge in [0.05, 0.1) is 7.11 Å². The van der Waals surface area contributed by atoms with Gasteiger partial charge < -0.3 is 39.4 Å². The molecule has 5 atom stereocenters. The lowest BCUT2D eigenvalue weighted by atomic mass is 9.99. The van der Waals surface area contributed by atoms with Gasteiger partial charge >= 0.3 is 5.97 Å². The predicted octanol–water partition coefficient (Wildman–Crippen LogP) is -0.669. The normalized spacial score (nSPS) is 28.6. The SMILES string of the molecule is COc1cc(CCC(=O)OC[C@H]2O[C@H](OC)[C@H](O)[C@@H](O)[C@@H]2O)ccc1O. The number of ether oxygens (including phenoxy) is 4. The average Bonchev–Trinajstić information content (AvgIpc) is 2.65. The third-order valence-corrected chi connectivity index (χ3v) is 4.17. The molecule has 1 aromatic carbocycles. The maximum Gasteiger partial charge on any atom is 0.306 e. The summed E-state index contributed by atoms with van der Waals surface area (Å²) < 4.78 is 20.2. The standard InChI is InChI=1S/C17H24O9/c1-23-11-7-9(3-5-10(11)18)4-6-13(19)25-8-12-14(20)15(21)16(22)17(24-2)26-12/h3,5,7,12,14-18,20-22H,4,6,8H2,1-2H3/t12-,14-,15+,16-,17+/m1/s1. The van der Waals surface area contributed by atoms with Gasteiger partial charge in [0.2, 0.25) is 0 Å². The van der Waals surface area contributed by atoms with Gasteiger partial charge in [-0.3, -0.25) is 4.79 Å². The number of esters is 1. The average molecular weight is 372 g/mol. The van der Waals surface area contributed by atoms with E-state index in [1.165, 1.54) is 20.3 Å². The van der Waals surface area contributed by atoms with Crippen LogP contribution in [0.1, 0.15) is 12.0 Å². The molecule has 9 heteroatoms. The van der Waals surface area contributed by atoms with Gasteiger partial charge in [-0.25, -0.2) is 0 Å². The van der Waals surface area contributed by atoms with Crippen molar-refractivity contribution in [1.29, 1.82) is 0 Å². The highest BCUT2D eigenvalue weighted by Crippen LogP contribution is 2.27. The molecule has 1 heterocycles. The van der Waals surface area contributed by atoms with E-state index in [-0.39, 0.29) is 18.8 Å². The summed E-state index contributed by atoms with van der Waals surface area (Å²) in [5, 5.41) is 38.9. The lowest BCUT2D eigenvalue weighted by Gasteiger charge is -2.39. The Bertz CT molecular complexity index is 604. The summed E-state index contributed by atoms with van der Waals surface area (Å²) in [5.41, 5.74) is 0.781. The summed E-state index contributed by atoms with van der Waals surface area (Å²) in [7, 11) is 2.72. The minimum absolute atomic E-state index is 0.00991. The zero-order chi connectivity index (χ0) is 19.3. The van der Waals surface area contributed by atoms with Gasteiger partial charge in [0.1, 0.15) is 31.0 Å². The third kappa shape index (κ3) is 4.83. The number of aryl methyl sites for hydroxylation is 1. The van der Waals surface area contributed by atoms with Crippen molar-refractivity contribution >= 4 is 5.97 Å². The molecule has 146 valence electrons. The fourth-order valence-corrected chi connectivity index (χ4v) is 2.62. The summed E-state index contributed by atoms with van der Waals surface area (Å²) in [6.07, 6.45) is -5.99. The molecule has 4 N–H and O–H groups in total. The molecule has 9 nitrogen and oxygen atoms in total. The summed E-state index contributed by atoms with van der Waals surface area (Å²) in [6.45, 7) is -0.289.